The molecule has 0 spiro atoms. The van der Waals surface area contributed by atoms with Gasteiger partial charge in [-0.05, 0) is 35.9 Å². The van der Waals surface area contributed by atoms with E-state index in [-0.39, 0.29) is 36.0 Å². The number of rotatable bonds is 9. The predicted octanol–water partition coefficient (Wildman–Crippen LogP) is 3.22. The molecule has 1 fully saturated rings. The standard InChI is InChI=1S/C27H29N3O6S/c1-35-25-13-12-22(37(33,34)30-14-16-36-17-15-30)18-24(25)28-26(31)19-23(20-8-4-2-5-9-20)29-27(32)21-10-6-3-7-11-21/h2-13,18,23H,14-17,19H2,1H3,(H,28,31)(H,29,32)/t23-/m1/s1. The Kier molecular flexibility index (Phi) is 8.54. The van der Waals surface area contributed by atoms with Crippen molar-refractivity contribution in [2.24, 2.45) is 0 Å². The van der Waals surface area contributed by atoms with Gasteiger partial charge in [-0.25, -0.2) is 8.42 Å². The van der Waals surface area contributed by atoms with E-state index in [4.69, 9.17) is 9.47 Å². The van der Waals surface area contributed by atoms with Gasteiger partial charge >= 0.3 is 0 Å². The summed E-state index contributed by atoms with van der Waals surface area (Å²) in [6, 6.07) is 21.7. The quantitative estimate of drug-likeness (QED) is 0.445. The summed E-state index contributed by atoms with van der Waals surface area (Å²) in [6.45, 7) is 1.18. The zero-order chi connectivity index (χ0) is 26.3. The van der Waals surface area contributed by atoms with Gasteiger partial charge in [0.1, 0.15) is 5.75 Å². The van der Waals surface area contributed by atoms with Crippen LogP contribution in [0.25, 0.3) is 0 Å². The van der Waals surface area contributed by atoms with Gasteiger partial charge in [0.2, 0.25) is 15.9 Å². The van der Waals surface area contributed by atoms with Crippen LogP contribution < -0.4 is 15.4 Å². The minimum atomic E-state index is -3.77. The van der Waals surface area contributed by atoms with Gasteiger partial charge in [-0.3, -0.25) is 9.59 Å². The SMILES string of the molecule is COc1ccc(S(=O)(=O)N2CCOCC2)cc1NC(=O)C[C@@H](NC(=O)c1ccccc1)c1ccccc1. The number of anilines is 1. The Balaban J connectivity index is 1.54. The van der Waals surface area contributed by atoms with Crippen LogP contribution in [-0.2, 0) is 19.6 Å². The van der Waals surface area contributed by atoms with Gasteiger partial charge < -0.3 is 20.1 Å². The van der Waals surface area contributed by atoms with E-state index in [2.05, 4.69) is 10.6 Å². The predicted molar refractivity (Wildman–Crippen MR) is 139 cm³/mol. The van der Waals surface area contributed by atoms with Crippen LogP contribution in [0.4, 0.5) is 5.69 Å². The van der Waals surface area contributed by atoms with E-state index in [1.165, 1.54) is 29.6 Å². The summed E-state index contributed by atoms with van der Waals surface area (Å²) in [5.41, 5.74) is 1.46. The normalized spacial score (nSPS) is 14.9. The number of methoxy groups -OCH3 is 1. The average molecular weight is 524 g/mol. The lowest BCUT2D eigenvalue weighted by molar-refractivity contribution is -0.116. The Morgan fingerprint density at radius 2 is 1.62 bits per heavy atom. The van der Waals surface area contributed by atoms with Crippen molar-refractivity contribution in [3.05, 3.63) is 90.0 Å². The van der Waals surface area contributed by atoms with Gasteiger partial charge in [-0.2, -0.15) is 4.31 Å². The molecule has 0 aromatic heterocycles. The molecule has 194 valence electrons. The van der Waals surface area contributed by atoms with Crippen LogP contribution in [0.3, 0.4) is 0 Å². The maximum Gasteiger partial charge on any atom is 0.251 e. The van der Waals surface area contributed by atoms with Crippen molar-refractivity contribution in [3.63, 3.8) is 0 Å². The highest BCUT2D eigenvalue weighted by atomic mass is 32.2. The number of nitrogens with one attached hydrogen (secondary N) is 2. The molecule has 9 nitrogen and oxygen atoms in total. The number of hydrogen-bond donors (Lipinski definition) is 2. The Hall–Kier alpha value is -3.73. The van der Waals surface area contributed by atoms with E-state index in [1.54, 1.807) is 24.3 Å². The summed E-state index contributed by atoms with van der Waals surface area (Å²) in [6.07, 6.45) is -0.0772. The molecular weight excluding hydrogens is 494 g/mol. The summed E-state index contributed by atoms with van der Waals surface area (Å²) in [5, 5.41) is 5.70. The van der Waals surface area contributed by atoms with E-state index < -0.39 is 22.0 Å². The van der Waals surface area contributed by atoms with Gasteiger partial charge in [0.05, 0.1) is 43.4 Å². The molecule has 2 N–H and O–H groups in total. The van der Waals surface area contributed by atoms with E-state index in [0.717, 1.165) is 5.56 Å². The molecule has 2 amide bonds. The zero-order valence-electron chi connectivity index (χ0n) is 20.4. The van der Waals surface area contributed by atoms with Crippen molar-refractivity contribution in [2.75, 3.05) is 38.7 Å². The number of carbonyl (C=O) groups excluding carboxylic acids is 2. The number of sulfonamides is 1. The molecule has 1 heterocycles. The smallest absolute Gasteiger partial charge is 0.251 e. The molecule has 0 radical (unpaired) electrons. The number of nitrogens with zero attached hydrogens (tertiary/aromatic N) is 1. The van der Waals surface area contributed by atoms with Crippen molar-refractivity contribution < 1.29 is 27.5 Å². The third-order valence-corrected chi connectivity index (χ3v) is 7.88. The third kappa shape index (κ3) is 6.53. The molecule has 1 aliphatic rings. The largest absolute Gasteiger partial charge is 0.495 e. The molecule has 3 aromatic carbocycles. The first-order chi connectivity index (χ1) is 17.9. The van der Waals surface area contributed by atoms with E-state index in [9.17, 15) is 18.0 Å². The van der Waals surface area contributed by atoms with Crippen LogP contribution in [0.5, 0.6) is 5.75 Å². The minimum absolute atomic E-state index is 0.0440. The molecule has 0 bridgehead atoms. The van der Waals surface area contributed by atoms with Crippen LogP contribution in [0.1, 0.15) is 28.4 Å². The number of amides is 2. The molecule has 1 atom stereocenters. The Morgan fingerprint density at radius 3 is 2.27 bits per heavy atom. The van der Waals surface area contributed by atoms with Crippen molar-refractivity contribution >= 4 is 27.5 Å². The van der Waals surface area contributed by atoms with Gasteiger partial charge in [-0.15, -0.1) is 0 Å². The Morgan fingerprint density at radius 1 is 0.973 bits per heavy atom. The van der Waals surface area contributed by atoms with Crippen LogP contribution >= 0.6 is 0 Å². The molecule has 37 heavy (non-hydrogen) atoms. The highest BCUT2D eigenvalue weighted by Crippen LogP contribution is 2.30. The lowest BCUT2D eigenvalue weighted by Gasteiger charge is -2.26. The molecule has 0 saturated carbocycles. The van der Waals surface area contributed by atoms with Crippen molar-refractivity contribution in [1.82, 2.24) is 9.62 Å². The lowest BCUT2D eigenvalue weighted by atomic mass is 10.0. The van der Waals surface area contributed by atoms with Crippen LogP contribution in [0, 0.1) is 0 Å². The molecule has 10 heteroatoms. The second-order valence-corrected chi connectivity index (χ2v) is 10.4. The first-order valence-electron chi connectivity index (χ1n) is 11.8. The van der Waals surface area contributed by atoms with E-state index in [0.29, 0.717) is 24.5 Å². The molecule has 1 saturated heterocycles. The summed E-state index contributed by atoms with van der Waals surface area (Å²) in [5.74, 6) is -0.404. The summed E-state index contributed by atoms with van der Waals surface area (Å²) in [4.78, 5) is 26.0. The summed E-state index contributed by atoms with van der Waals surface area (Å²) in [7, 11) is -2.33. The van der Waals surface area contributed by atoms with Crippen molar-refractivity contribution in [3.8, 4) is 5.75 Å². The van der Waals surface area contributed by atoms with E-state index >= 15 is 0 Å². The van der Waals surface area contributed by atoms with Gasteiger partial charge in [-0.1, -0.05) is 48.5 Å². The minimum Gasteiger partial charge on any atom is -0.495 e. The second-order valence-electron chi connectivity index (χ2n) is 8.43. The molecule has 1 aliphatic heterocycles. The maximum atomic E-state index is 13.2. The van der Waals surface area contributed by atoms with Crippen molar-refractivity contribution in [2.45, 2.75) is 17.4 Å². The average Bonchev–Trinajstić information content (AvgIpc) is 2.94. The first-order valence-corrected chi connectivity index (χ1v) is 13.3. The fraction of sp³-hybridized carbons (Fsp3) is 0.259. The molecule has 0 unspecified atom stereocenters. The summed E-state index contributed by atoms with van der Waals surface area (Å²) >= 11 is 0. The number of carbonyl (C=O) groups is 2. The number of ether oxygens (including phenoxy) is 2. The Bertz CT molecular complexity index is 1330. The second kappa shape index (κ2) is 12.0. The number of benzene rings is 3. The Labute approximate surface area is 216 Å². The number of hydrogen-bond acceptors (Lipinski definition) is 6. The first kappa shape index (κ1) is 26.3. The van der Waals surface area contributed by atoms with Gasteiger partial charge in [0.15, 0.2) is 0 Å². The lowest BCUT2D eigenvalue weighted by Crippen LogP contribution is -2.40. The van der Waals surface area contributed by atoms with Gasteiger partial charge in [0, 0.05) is 18.7 Å². The molecule has 0 aliphatic carbocycles. The van der Waals surface area contributed by atoms with Crippen LogP contribution in [0.2, 0.25) is 0 Å². The highest BCUT2D eigenvalue weighted by Gasteiger charge is 2.28. The van der Waals surface area contributed by atoms with Crippen LogP contribution in [0.15, 0.2) is 83.8 Å². The number of morpholine rings is 1. The zero-order valence-corrected chi connectivity index (χ0v) is 21.2. The highest BCUT2D eigenvalue weighted by molar-refractivity contribution is 7.89. The molecule has 4 rings (SSSR count). The summed E-state index contributed by atoms with van der Waals surface area (Å²) < 4.78 is 38.2. The monoisotopic (exact) mass is 523 g/mol. The third-order valence-electron chi connectivity index (χ3n) is 5.99. The maximum absolute atomic E-state index is 13.2. The van der Waals surface area contributed by atoms with E-state index in [1.807, 2.05) is 36.4 Å². The fourth-order valence-corrected chi connectivity index (χ4v) is 5.47. The van der Waals surface area contributed by atoms with Crippen molar-refractivity contribution in [1.29, 1.82) is 0 Å². The van der Waals surface area contributed by atoms with Gasteiger partial charge in [0.25, 0.3) is 5.91 Å². The fourth-order valence-electron chi connectivity index (χ4n) is 4.04. The van der Waals surface area contributed by atoms with Crippen LogP contribution in [-0.4, -0.2) is 58.0 Å². The topological polar surface area (TPSA) is 114 Å². The molecular formula is C27H29N3O6S. The molecule has 3 aromatic rings.